The summed E-state index contributed by atoms with van der Waals surface area (Å²) in [6, 6.07) is 7.58. The predicted octanol–water partition coefficient (Wildman–Crippen LogP) is 2.65. The average molecular weight is 220 g/mol. The van der Waals surface area contributed by atoms with Gasteiger partial charge in [0.25, 0.3) is 5.91 Å². The molecule has 0 fully saturated rings. The van der Waals surface area contributed by atoms with Gasteiger partial charge in [0.1, 0.15) is 0 Å². The lowest BCUT2D eigenvalue weighted by Crippen LogP contribution is -2.22. The van der Waals surface area contributed by atoms with Gasteiger partial charge in [0.2, 0.25) is 0 Å². The number of nitrogens with one attached hydrogen (secondary N) is 2. The Morgan fingerprint density at radius 3 is 2.44 bits per heavy atom. The number of unbranched alkanes of at least 4 members (excludes halogenated alkanes) is 1. The first-order chi connectivity index (χ1) is 7.77. The van der Waals surface area contributed by atoms with E-state index in [4.69, 9.17) is 0 Å². The van der Waals surface area contributed by atoms with Gasteiger partial charge in [-0.1, -0.05) is 13.3 Å². The summed E-state index contributed by atoms with van der Waals surface area (Å²) in [5, 5.41) is 6.09. The van der Waals surface area contributed by atoms with Crippen LogP contribution < -0.4 is 10.6 Å². The van der Waals surface area contributed by atoms with Crippen molar-refractivity contribution in [1.29, 1.82) is 0 Å². The molecular weight excluding hydrogens is 200 g/mol. The van der Waals surface area contributed by atoms with Crippen LogP contribution in [-0.4, -0.2) is 19.0 Å². The fraction of sp³-hybridized carbons (Fsp3) is 0.462. The maximum Gasteiger partial charge on any atom is 0.251 e. The minimum Gasteiger partial charge on any atom is -0.385 e. The lowest BCUT2D eigenvalue weighted by atomic mass is 10.2. The fourth-order valence-electron chi connectivity index (χ4n) is 1.41. The number of hydrogen-bond donors (Lipinski definition) is 2. The molecule has 0 saturated heterocycles. The molecule has 1 aromatic rings. The van der Waals surface area contributed by atoms with Crippen LogP contribution in [0.25, 0.3) is 0 Å². The second-order valence-corrected chi connectivity index (χ2v) is 3.72. The van der Waals surface area contributed by atoms with Crippen molar-refractivity contribution in [2.45, 2.75) is 26.7 Å². The van der Waals surface area contributed by atoms with Gasteiger partial charge in [0.05, 0.1) is 0 Å². The number of anilines is 1. The molecule has 1 amide bonds. The normalized spacial score (nSPS) is 9.88. The molecule has 0 saturated carbocycles. The summed E-state index contributed by atoms with van der Waals surface area (Å²) >= 11 is 0. The molecule has 0 aliphatic heterocycles. The molecule has 0 radical (unpaired) electrons. The van der Waals surface area contributed by atoms with E-state index in [0.29, 0.717) is 12.1 Å². The molecule has 3 heteroatoms. The Morgan fingerprint density at radius 2 is 1.88 bits per heavy atom. The number of amides is 1. The third-order valence-electron chi connectivity index (χ3n) is 2.34. The van der Waals surface area contributed by atoms with Crippen LogP contribution in [0.4, 0.5) is 5.69 Å². The Morgan fingerprint density at radius 1 is 1.19 bits per heavy atom. The van der Waals surface area contributed by atoms with Crippen molar-refractivity contribution in [2.75, 3.05) is 18.4 Å². The van der Waals surface area contributed by atoms with Crippen molar-refractivity contribution in [2.24, 2.45) is 0 Å². The van der Waals surface area contributed by atoms with E-state index >= 15 is 0 Å². The minimum atomic E-state index is -0.0115. The van der Waals surface area contributed by atoms with Gasteiger partial charge in [-0.05, 0) is 37.6 Å². The summed E-state index contributed by atoms with van der Waals surface area (Å²) in [6.07, 6.45) is 2.35. The summed E-state index contributed by atoms with van der Waals surface area (Å²) in [5.74, 6) is -0.0115. The van der Waals surface area contributed by atoms with Crippen LogP contribution >= 0.6 is 0 Å². The summed E-state index contributed by atoms with van der Waals surface area (Å²) in [4.78, 5) is 11.5. The topological polar surface area (TPSA) is 41.1 Å². The molecule has 0 bridgehead atoms. The van der Waals surface area contributed by atoms with Gasteiger partial charge in [-0.3, -0.25) is 4.79 Å². The van der Waals surface area contributed by atoms with E-state index in [-0.39, 0.29) is 5.91 Å². The largest absolute Gasteiger partial charge is 0.385 e. The lowest BCUT2D eigenvalue weighted by molar-refractivity contribution is 0.0956. The predicted molar refractivity (Wildman–Crippen MR) is 67.8 cm³/mol. The highest BCUT2D eigenvalue weighted by atomic mass is 16.1. The molecule has 16 heavy (non-hydrogen) atoms. The van der Waals surface area contributed by atoms with Gasteiger partial charge in [-0.2, -0.15) is 0 Å². The Balaban J connectivity index is 2.50. The van der Waals surface area contributed by atoms with Crippen LogP contribution in [0.1, 0.15) is 37.0 Å². The smallest absolute Gasteiger partial charge is 0.251 e. The first-order valence-electron chi connectivity index (χ1n) is 5.90. The molecule has 0 aliphatic rings. The van der Waals surface area contributed by atoms with Crippen LogP contribution in [0.5, 0.6) is 0 Å². The van der Waals surface area contributed by atoms with E-state index in [9.17, 15) is 4.79 Å². The summed E-state index contributed by atoms with van der Waals surface area (Å²) in [7, 11) is 0. The van der Waals surface area contributed by atoms with Gasteiger partial charge in [-0.25, -0.2) is 0 Å². The van der Waals surface area contributed by atoms with E-state index in [1.165, 1.54) is 6.42 Å². The zero-order valence-electron chi connectivity index (χ0n) is 10.0. The molecule has 1 aromatic carbocycles. The summed E-state index contributed by atoms with van der Waals surface area (Å²) in [5.41, 5.74) is 1.78. The quantitative estimate of drug-likeness (QED) is 0.724. The molecule has 2 N–H and O–H groups in total. The third kappa shape index (κ3) is 3.93. The highest BCUT2D eigenvalue weighted by Crippen LogP contribution is 2.09. The maximum absolute atomic E-state index is 11.5. The van der Waals surface area contributed by atoms with Crippen molar-refractivity contribution in [3.63, 3.8) is 0 Å². The third-order valence-corrected chi connectivity index (χ3v) is 2.34. The zero-order chi connectivity index (χ0) is 11.8. The van der Waals surface area contributed by atoms with Gasteiger partial charge < -0.3 is 10.6 Å². The Kier molecular flexibility index (Phi) is 5.40. The van der Waals surface area contributed by atoms with Crippen molar-refractivity contribution in [3.8, 4) is 0 Å². The van der Waals surface area contributed by atoms with E-state index in [2.05, 4.69) is 17.6 Å². The standard InChI is InChI=1S/C13H20N2O/c1-3-5-10-15-12-8-6-11(7-9-12)13(16)14-4-2/h6-9,15H,3-5,10H2,1-2H3,(H,14,16). The Labute approximate surface area is 97.2 Å². The van der Waals surface area contributed by atoms with E-state index < -0.39 is 0 Å². The molecule has 88 valence electrons. The second kappa shape index (κ2) is 6.88. The van der Waals surface area contributed by atoms with E-state index in [1.807, 2.05) is 31.2 Å². The van der Waals surface area contributed by atoms with Crippen molar-refractivity contribution < 1.29 is 4.79 Å². The Hall–Kier alpha value is -1.51. The van der Waals surface area contributed by atoms with Gasteiger partial charge in [0.15, 0.2) is 0 Å². The van der Waals surface area contributed by atoms with Crippen molar-refractivity contribution >= 4 is 11.6 Å². The SMILES string of the molecule is CCCCNc1ccc(C(=O)NCC)cc1. The number of benzene rings is 1. The second-order valence-electron chi connectivity index (χ2n) is 3.72. The zero-order valence-corrected chi connectivity index (χ0v) is 10.0. The molecule has 0 unspecified atom stereocenters. The number of rotatable bonds is 6. The highest BCUT2D eigenvalue weighted by molar-refractivity contribution is 5.94. The molecule has 0 heterocycles. The van der Waals surface area contributed by atoms with E-state index in [0.717, 1.165) is 18.7 Å². The molecule has 0 spiro atoms. The van der Waals surface area contributed by atoms with Crippen LogP contribution in [-0.2, 0) is 0 Å². The Bertz CT molecular complexity index is 319. The minimum absolute atomic E-state index is 0.0115. The van der Waals surface area contributed by atoms with Gasteiger partial charge in [-0.15, -0.1) is 0 Å². The van der Waals surface area contributed by atoms with Crippen LogP contribution in [0, 0.1) is 0 Å². The number of carbonyl (C=O) groups excluding carboxylic acids is 1. The molecule has 0 aliphatic carbocycles. The monoisotopic (exact) mass is 220 g/mol. The highest BCUT2D eigenvalue weighted by Gasteiger charge is 2.02. The van der Waals surface area contributed by atoms with Crippen molar-refractivity contribution in [1.82, 2.24) is 5.32 Å². The maximum atomic E-state index is 11.5. The van der Waals surface area contributed by atoms with Crippen molar-refractivity contribution in [3.05, 3.63) is 29.8 Å². The molecule has 0 aromatic heterocycles. The summed E-state index contributed by atoms with van der Waals surface area (Å²) in [6.45, 7) is 5.73. The number of hydrogen-bond acceptors (Lipinski definition) is 2. The first-order valence-corrected chi connectivity index (χ1v) is 5.90. The molecule has 1 rings (SSSR count). The van der Waals surface area contributed by atoms with Gasteiger partial charge in [0, 0.05) is 24.3 Å². The summed E-state index contributed by atoms with van der Waals surface area (Å²) < 4.78 is 0. The average Bonchev–Trinajstić information content (AvgIpc) is 2.30. The molecule has 3 nitrogen and oxygen atoms in total. The van der Waals surface area contributed by atoms with Crippen LogP contribution in [0.15, 0.2) is 24.3 Å². The van der Waals surface area contributed by atoms with E-state index in [1.54, 1.807) is 0 Å². The number of carbonyl (C=O) groups is 1. The van der Waals surface area contributed by atoms with Gasteiger partial charge >= 0.3 is 0 Å². The van der Waals surface area contributed by atoms with Crippen LogP contribution in [0.2, 0.25) is 0 Å². The lowest BCUT2D eigenvalue weighted by Gasteiger charge is -2.06. The molecule has 0 atom stereocenters. The van der Waals surface area contributed by atoms with Crippen LogP contribution in [0.3, 0.4) is 0 Å². The first kappa shape index (κ1) is 12.6. The fourth-order valence-corrected chi connectivity index (χ4v) is 1.41. The molecular formula is C13H20N2O.